The molecule has 6 nitrogen and oxygen atoms in total. The van der Waals surface area contributed by atoms with Gasteiger partial charge in [0.05, 0.1) is 28.8 Å². The van der Waals surface area contributed by atoms with Gasteiger partial charge in [-0.1, -0.05) is 152 Å². The normalized spacial score (nSPS) is 11.4. The molecule has 0 unspecified atom stereocenters. The summed E-state index contributed by atoms with van der Waals surface area (Å²) < 4.78 is 4.65. The van der Waals surface area contributed by atoms with Crippen molar-refractivity contribution in [3.05, 3.63) is 206 Å². The summed E-state index contributed by atoms with van der Waals surface area (Å²) in [6.45, 7) is 7.88. The number of nitrogens with zero attached hydrogens (tertiary/aromatic N) is 6. The van der Waals surface area contributed by atoms with E-state index in [4.69, 9.17) is 21.5 Å². The second-order valence-electron chi connectivity index (χ2n) is 14.4. The second-order valence-corrected chi connectivity index (χ2v) is 14.4. The second kappa shape index (κ2) is 13.6. The third-order valence-electron chi connectivity index (χ3n) is 11.0. The fourth-order valence-electron chi connectivity index (χ4n) is 8.31. The van der Waals surface area contributed by atoms with Crippen LogP contribution in [0.25, 0.3) is 105 Å². The fourth-order valence-corrected chi connectivity index (χ4v) is 8.31. The molecule has 0 saturated heterocycles. The molecule has 0 N–H and O–H groups in total. The maximum absolute atomic E-state index is 7.88. The van der Waals surface area contributed by atoms with E-state index >= 15 is 0 Å². The number of hydrogen-bond acceptors (Lipinski definition) is 3. The van der Waals surface area contributed by atoms with Crippen LogP contribution in [-0.2, 0) is 0 Å². The molecule has 270 valence electrons. The highest BCUT2D eigenvalue weighted by molar-refractivity contribution is 6.13. The molecule has 0 aliphatic rings. The number of fused-ring (bicyclic) bond motifs is 6. The van der Waals surface area contributed by atoms with Gasteiger partial charge in [0.25, 0.3) is 0 Å². The van der Waals surface area contributed by atoms with Crippen LogP contribution in [0.1, 0.15) is 0 Å². The molecule has 0 fully saturated rings. The van der Waals surface area contributed by atoms with Crippen molar-refractivity contribution in [2.24, 2.45) is 0 Å². The summed E-state index contributed by atoms with van der Waals surface area (Å²) in [6.07, 6.45) is 0. The van der Waals surface area contributed by atoms with Crippen LogP contribution in [0.15, 0.2) is 194 Å². The first kappa shape index (κ1) is 33.2. The molecule has 58 heavy (non-hydrogen) atoms. The summed E-state index contributed by atoms with van der Waals surface area (Å²) in [5.41, 5.74) is 11.8. The molecule has 11 rings (SSSR count). The van der Waals surface area contributed by atoms with E-state index in [2.05, 4.69) is 123 Å². The lowest BCUT2D eigenvalue weighted by Gasteiger charge is -2.15. The maximum atomic E-state index is 7.88. The van der Waals surface area contributed by atoms with Crippen LogP contribution >= 0.6 is 0 Å². The number of benzene rings is 8. The quantitative estimate of drug-likeness (QED) is 0.160. The van der Waals surface area contributed by atoms with Gasteiger partial charge in [-0.2, -0.15) is 0 Å². The van der Waals surface area contributed by atoms with Crippen molar-refractivity contribution in [3.8, 4) is 56.7 Å². The van der Waals surface area contributed by atoms with Crippen LogP contribution in [0.4, 0.5) is 5.69 Å². The summed E-state index contributed by atoms with van der Waals surface area (Å²) >= 11 is 0. The van der Waals surface area contributed by atoms with Crippen LogP contribution < -0.4 is 0 Å². The predicted molar refractivity (Wildman–Crippen MR) is 237 cm³/mol. The Morgan fingerprint density at radius 1 is 0.362 bits per heavy atom. The molecular weight excluding hydrogens is 709 g/mol. The Morgan fingerprint density at radius 3 is 1.57 bits per heavy atom. The van der Waals surface area contributed by atoms with Crippen LogP contribution in [0.2, 0.25) is 0 Å². The average molecular weight is 741 g/mol. The first-order valence-electron chi connectivity index (χ1n) is 19.2. The Kier molecular flexibility index (Phi) is 7.76. The van der Waals surface area contributed by atoms with E-state index < -0.39 is 0 Å². The number of rotatable bonds is 6. The Bertz CT molecular complexity index is 3340. The Hall–Kier alpha value is -8.14. The van der Waals surface area contributed by atoms with Gasteiger partial charge in [0.2, 0.25) is 0 Å². The third-order valence-corrected chi connectivity index (χ3v) is 11.0. The summed E-state index contributed by atoms with van der Waals surface area (Å²) in [5, 5.41) is 4.52. The monoisotopic (exact) mass is 740 g/mol. The lowest BCUT2D eigenvalue weighted by molar-refractivity contribution is 1.06. The molecule has 0 aliphatic heterocycles. The van der Waals surface area contributed by atoms with E-state index in [0.717, 1.165) is 82.8 Å². The van der Waals surface area contributed by atoms with Crippen molar-refractivity contribution in [2.45, 2.75) is 0 Å². The predicted octanol–water partition coefficient (Wildman–Crippen LogP) is 13.3. The molecule has 3 heterocycles. The minimum atomic E-state index is 0.591. The first-order chi connectivity index (χ1) is 28.7. The van der Waals surface area contributed by atoms with Crippen molar-refractivity contribution >= 4 is 49.3 Å². The summed E-state index contributed by atoms with van der Waals surface area (Å²) in [7, 11) is 0. The van der Waals surface area contributed by atoms with Gasteiger partial charge in [-0.05, 0) is 53.6 Å². The van der Waals surface area contributed by atoms with Gasteiger partial charge in [0.1, 0.15) is 0 Å². The molecule has 11 aromatic rings. The van der Waals surface area contributed by atoms with Gasteiger partial charge >= 0.3 is 0 Å². The molecule has 0 aliphatic carbocycles. The van der Waals surface area contributed by atoms with Crippen molar-refractivity contribution in [1.29, 1.82) is 0 Å². The van der Waals surface area contributed by atoms with Gasteiger partial charge in [-0.15, -0.1) is 0 Å². The summed E-state index contributed by atoms with van der Waals surface area (Å²) in [6, 6.07) is 67.0. The van der Waals surface area contributed by atoms with E-state index in [1.54, 1.807) is 0 Å². The maximum Gasteiger partial charge on any atom is 0.189 e. The van der Waals surface area contributed by atoms with Gasteiger partial charge < -0.3 is 9.13 Å². The van der Waals surface area contributed by atoms with Crippen LogP contribution in [0, 0.1) is 6.57 Å². The third kappa shape index (κ3) is 5.45. The van der Waals surface area contributed by atoms with Gasteiger partial charge in [-0.25, -0.2) is 19.8 Å². The molecular formula is C52H32N6. The highest BCUT2D eigenvalue weighted by Gasteiger charge is 2.21. The molecule has 6 heteroatoms. The zero-order valence-electron chi connectivity index (χ0n) is 31.2. The number of aromatic nitrogens is 5. The highest BCUT2D eigenvalue weighted by Crippen LogP contribution is 2.40. The molecule has 8 aromatic carbocycles. The first-order valence-corrected chi connectivity index (χ1v) is 19.2. The van der Waals surface area contributed by atoms with Crippen molar-refractivity contribution < 1.29 is 0 Å². The Balaban J connectivity index is 1.18. The van der Waals surface area contributed by atoms with E-state index in [0.29, 0.717) is 23.2 Å². The van der Waals surface area contributed by atoms with E-state index in [9.17, 15) is 0 Å². The smallest absolute Gasteiger partial charge is 0.189 e. The van der Waals surface area contributed by atoms with E-state index in [1.807, 2.05) is 84.9 Å². The zero-order valence-corrected chi connectivity index (χ0v) is 31.2. The van der Waals surface area contributed by atoms with Gasteiger partial charge in [0.15, 0.2) is 23.2 Å². The molecule has 0 radical (unpaired) electrons. The minimum absolute atomic E-state index is 0.591. The number of hydrogen-bond donors (Lipinski definition) is 0. The molecule has 0 spiro atoms. The minimum Gasteiger partial charge on any atom is -0.310 e. The van der Waals surface area contributed by atoms with Crippen molar-refractivity contribution in [3.63, 3.8) is 0 Å². The largest absolute Gasteiger partial charge is 0.310 e. The summed E-state index contributed by atoms with van der Waals surface area (Å²) in [5.74, 6) is 1.82. The topological polar surface area (TPSA) is 52.9 Å². The SMILES string of the molecule is [C-]#[N+]c1ccc2c3ccc(-c4ccccc4)cc3n(-c3ccc4c5ccccc5n(-c5ccccc5-c5nc(-c6ccccc6)nc(-c6ccccc6)n5)c4c3)c2c1. The van der Waals surface area contributed by atoms with Crippen molar-refractivity contribution in [1.82, 2.24) is 24.1 Å². The van der Waals surface area contributed by atoms with Crippen molar-refractivity contribution in [2.75, 3.05) is 0 Å². The van der Waals surface area contributed by atoms with Crippen LogP contribution in [0.5, 0.6) is 0 Å². The van der Waals surface area contributed by atoms with Gasteiger partial charge in [0, 0.05) is 49.4 Å². The van der Waals surface area contributed by atoms with E-state index in [-0.39, 0.29) is 0 Å². The lowest BCUT2D eigenvalue weighted by atomic mass is 10.0. The molecule has 0 amide bonds. The summed E-state index contributed by atoms with van der Waals surface area (Å²) in [4.78, 5) is 19.1. The Morgan fingerprint density at radius 2 is 0.879 bits per heavy atom. The molecule has 3 aromatic heterocycles. The van der Waals surface area contributed by atoms with Crippen LogP contribution in [-0.4, -0.2) is 24.1 Å². The van der Waals surface area contributed by atoms with Gasteiger partial charge in [-0.3, -0.25) is 0 Å². The number of para-hydroxylation sites is 2. The highest BCUT2D eigenvalue weighted by atomic mass is 15.1. The Labute approximate surface area is 334 Å². The lowest BCUT2D eigenvalue weighted by Crippen LogP contribution is -2.03. The fraction of sp³-hybridized carbons (Fsp3) is 0. The average Bonchev–Trinajstić information content (AvgIpc) is 3.81. The molecule has 0 saturated carbocycles. The standard InChI is InChI=1S/C52H32N6/c1-53-38-26-29-42-41-28-25-37(34-15-5-2-6-16-34)31-47(41)57(48(42)32-38)39-27-30-43-40-21-11-13-23-45(40)58(49(43)33-39)46-24-14-12-22-44(46)52-55-50(35-17-7-3-8-18-35)54-51(56-52)36-19-9-4-10-20-36/h2-33H. The molecule has 0 bridgehead atoms. The van der Waals surface area contributed by atoms with Crippen LogP contribution in [0.3, 0.4) is 0 Å². The zero-order chi connectivity index (χ0) is 38.6. The van der Waals surface area contributed by atoms with E-state index in [1.165, 1.54) is 0 Å². The molecule has 0 atom stereocenters.